The van der Waals surface area contributed by atoms with Crippen LogP contribution in [-0.4, -0.2) is 38.3 Å². The summed E-state index contributed by atoms with van der Waals surface area (Å²) in [6.45, 7) is 2.86. The number of carbonyl (C=O) groups excluding carboxylic acids is 1. The molecule has 1 fully saturated rings. The third-order valence-electron chi connectivity index (χ3n) is 3.64. The minimum Gasteiger partial charge on any atom is -0.506 e. The van der Waals surface area contributed by atoms with Crippen LogP contribution in [0.1, 0.15) is 19.8 Å². The Balaban J connectivity index is 2.17. The van der Waals surface area contributed by atoms with Crippen LogP contribution < -0.4 is 10.6 Å². The molecule has 6 nitrogen and oxygen atoms in total. The molecule has 2 rings (SSSR count). The largest absolute Gasteiger partial charge is 0.506 e. The van der Waals surface area contributed by atoms with E-state index < -0.39 is 9.84 Å². The predicted octanol–water partition coefficient (Wildman–Crippen LogP) is 1.12. The average molecular weight is 312 g/mol. The van der Waals surface area contributed by atoms with Gasteiger partial charge in [-0.3, -0.25) is 4.79 Å². The second-order valence-corrected chi connectivity index (χ2v) is 7.59. The van der Waals surface area contributed by atoms with Gasteiger partial charge < -0.3 is 15.7 Å². The number of phenols is 1. The third kappa shape index (κ3) is 3.95. The summed E-state index contributed by atoms with van der Waals surface area (Å²) in [7, 11) is -3.39. The van der Waals surface area contributed by atoms with E-state index in [2.05, 4.69) is 17.6 Å². The Morgan fingerprint density at radius 1 is 1.43 bits per heavy atom. The Morgan fingerprint density at radius 2 is 2.14 bits per heavy atom. The van der Waals surface area contributed by atoms with E-state index in [-0.39, 0.29) is 28.3 Å². The molecule has 1 saturated heterocycles. The number of rotatable bonds is 3. The average Bonchev–Trinajstić information content (AvgIpc) is 2.40. The highest BCUT2D eigenvalue weighted by Gasteiger charge is 2.25. The van der Waals surface area contributed by atoms with Gasteiger partial charge in [0.2, 0.25) is 5.91 Å². The highest BCUT2D eigenvalue weighted by molar-refractivity contribution is 7.90. The first kappa shape index (κ1) is 15.8. The van der Waals surface area contributed by atoms with Crippen molar-refractivity contribution in [1.29, 1.82) is 0 Å². The molecule has 3 N–H and O–H groups in total. The van der Waals surface area contributed by atoms with Crippen molar-refractivity contribution in [1.82, 2.24) is 5.32 Å². The van der Waals surface area contributed by atoms with Crippen LogP contribution in [0.25, 0.3) is 0 Å². The van der Waals surface area contributed by atoms with Crippen molar-refractivity contribution in [2.24, 2.45) is 5.92 Å². The Labute approximate surface area is 124 Å². The van der Waals surface area contributed by atoms with Crippen LogP contribution in [0.4, 0.5) is 5.69 Å². The molecule has 0 saturated carbocycles. The molecule has 0 aliphatic carbocycles. The summed E-state index contributed by atoms with van der Waals surface area (Å²) in [5.74, 6) is 0.0417. The molecule has 1 heterocycles. The number of sulfone groups is 1. The van der Waals surface area contributed by atoms with Gasteiger partial charge in [-0.05, 0) is 43.5 Å². The van der Waals surface area contributed by atoms with Crippen molar-refractivity contribution in [3.63, 3.8) is 0 Å². The fraction of sp³-hybridized carbons (Fsp3) is 0.500. The van der Waals surface area contributed by atoms with Gasteiger partial charge in [0.05, 0.1) is 16.6 Å². The lowest BCUT2D eigenvalue weighted by atomic mass is 9.94. The van der Waals surface area contributed by atoms with Crippen LogP contribution in [0.5, 0.6) is 5.75 Å². The minimum absolute atomic E-state index is 0.0561. The van der Waals surface area contributed by atoms with Gasteiger partial charge in [-0.25, -0.2) is 8.42 Å². The van der Waals surface area contributed by atoms with E-state index in [1.807, 2.05) is 0 Å². The fourth-order valence-corrected chi connectivity index (χ4v) is 3.02. The number of amides is 1. The van der Waals surface area contributed by atoms with E-state index in [1.165, 1.54) is 18.2 Å². The van der Waals surface area contributed by atoms with E-state index >= 15 is 0 Å². The van der Waals surface area contributed by atoms with E-state index in [0.29, 0.717) is 5.92 Å². The second kappa shape index (κ2) is 6.03. The predicted molar refractivity (Wildman–Crippen MR) is 80.0 cm³/mol. The van der Waals surface area contributed by atoms with Gasteiger partial charge in [-0.2, -0.15) is 0 Å². The Kier molecular flexibility index (Phi) is 4.53. The molecule has 1 aliphatic heterocycles. The Bertz CT molecular complexity index is 642. The smallest absolute Gasteiger partial charge is 0.241 e. The third-order valence-corrected chi connectivity index (χ3v) is 4.75. The standard InChI is InChI=1S/C14H20N2O4S/c1-9-5-6-15-12(7-9)14(18)16-11-8-10(21(2,19)20)3-4-13(11)17/h3-4,8-9,12,15,17H,5-7H2,1-2H3,(H,16,18). The van der Waals surface area contributed by atoms with Gasteiger partial charge in [-0.1, -0.05) is 6.92 Å². The summed E-state index contributed by atoms with van der Waals surface area (Å²) in [6, 6.07) is 3.52. The van der Waals surface area contributed by atoms with Crippen molar-refractivity contribution < 1.29 is 18.3 Å². The zero-order chi connectivity index (χ0) is 15.6. The molecular formula is C14H20N2O4S. The molecule has 2 atom stereocenters. The first-order valence-electron chi connectivity index (χ1n) is 6.84. The molecule has 1 aromatic carbocycles. The van der Waals surface area contributed by atoms with Crippen molar-refractivity contribution >= 4 is 21.4 Å². The molecule has 0 radical (unpaired) electrons. The lowest BCUT2D eigenvalue weighted by molar-refractivity contribution is -0.119. The summed E-state index contributed by atoms with van der Waals surface area (Å²) in [5, 5.41) is 15.5. The fourth-order valence-electron chi connectivity index (χ4n) is 2.37. The number of piperidine rings is 1. The minimum atomic E-state index is -3.39. The summed E-state index contributed by atoms with van der Waals surface area (Å²) in [6.07, 6.45) is 2.83. The number of carbonyl (C=O) groups is 1. The van der Waals surface area contributed by atoms with Gasteiger partial charge in [0.25, 0.3) is 0 Å². The lowest BCUT2D eigenvalue weighted by Crippen LogP contribution is -2.45. The molecule has 7 heteroatoms. The zero-order valence-corrected chi connectivity index (χ0v) is 12.9. The zero-order valence-electron chi connectivity index (χ0n) is 12.1. The molecule has 0 spiro atoms. The summed E-state index contributed by atoms with van der Waals surface area (Å²) < 4.78 is 23.0. The van der Waals surface area contributed by atoms with Crippen LogP contribution in [0, 0.1) is 5.92 Å². The maximum absolute atomic E-state index is 12.2. The molecule has 116 valence electrons. The first-order chi connectivity index (χ1) is 9.77. The number of phenolic OH excluding ortho intramolecular Hbond substituents is 1. The lowest BCUT2D eigenvalue weighted by Gasteiger charge is -2.27. The summed E-state index contributed by atoms with van der Waals surface area (Å²) >= 11 is 0. The molecular weight excluding hydrogens is 292 g/mol. The molecule has 2 unspecified atom stereocenters. The van der Waals surface area contributed by atoms with Gasteiger partial charge >= 0.3 is 0 Å². The van der Waals surface area contributed by atoms with Crippen molar-refractivity contribution in [3.05, 3.63) is 18.2 Å². The number of anilines is 1. The number of benzene rings is 1. The molecule has 1 aliphatic rings. The highest BCUT2D eigenvalue weighted by atomic mass is 32.2. The topological polar surface area (TPSA) is 95.5 Å². The van der Waals surface area contributed by atoms with Crippen LogP contribution in [0.15, 0.2) is 23.1 Å². The van der Waals surface area contributed by atoms with Crippen LogP contribution in [-0.2, 0) is 14.6 Å². The van der Waals surface area contributed by atoms with Gasteiger partial charge in [0.1, 0.15) is 5.75 Å². The second-order valence-electron chi connectivity index (χ2n) is 5.58. The van der Waals surface area contributed by atoms with Crippen molar-refractivity contribution in [2.75, 3.05) is 18.1 Å². The van der Waals surface area contributed by atoms with Gasteiger partial charge in [-0.15, -0.1) is 0 Å². The van der Waals surface area contributed by atoms with Gasteiger partial charge in [0.15, 0.2) is 9.84 Å². The highest BCUT2D eigenvalue weighted by Crippen LogP contribution is 2.27. The SMILES string of the molecule is CC1CCNC(C(=O)Nc2cc(S(C)(=O)=O)ccc2O)C1. The number of nitrogens with one attached hydrogen (secondary N) is 2. The van der Waals surface area contributed by atoms with E-state index in [4.69, 9.17) is 0 Å². The normalized spacial score (nSPS) is 22.8. The van der Waals surface area contributed by atoms with Gasteiger partial charge in [0, 0.05) is 6.26 Å². The molecule has 21 heavy (non-hydrogen) atoms. The Morgan fingerprint density at radius 3 is 2.76 bits per heavy atom. The van der Waals surface area contributed by atoms with Crippen molar-refractivity contribution in [2.45, 2.75) is 30.7 Å². The first-order valence-corrected chi connectivity index (χ1v) is 8.74. The van der Waals surface area contributed by atoms with Crippen LogP contribution in [0.3, 0.4) is 0 Å². The molecule has 1 aromatic rings. The maximum atomic E-state index is 12.2. The van der Waals surface area contributed by atoms with E-state index in [1.54, 1.807) is 0 Å². The van der Waals surface area contributed by atoms with Crippen molar-refractivity contribution in [3.8, 4) is 5.75 Å². The monoisotopic (exact) mass is 312 g/mol. The van der Waals surface area contributed by atoms with Crippen LogP contribution in [0.2, 0.25) is 0 Å². The molecule has 0 bridgehead atoms. The number of hydrogen-bond donors (Lipinski definition) is 3. The number of aromatic hydroxyl groups is 1. The quantitative estimate of drug-likeness (QED) is 0.727. The summed E-state index contributed by atoms with van der Waals surface area (Å²) in [4.78, 5) is 12.2. The van der Waals surface area contributed by atoms with E-state index in [9.17, 15) is 18.3 Å². The maximum Gasteiger partial charge on any atom is 0.241 e. The van der Waals surface area contributed by atoms with E-state index in [0.717, 1.165) is 25.6 Å². The number of hydrogen-bond acceptors (Lipinski definition) is 5. The Hall–Kier alpha value is -1.60. The molecule has 0 aromatic heterocycles. The molecule has 1 amide bonds. The van der Waals surface area contributed by atoms with Crippen LogP contribution >= 0.6 is 0 Å². The summed E-state index contributed by atoms with van der Waals surface area (Å²) in [5.41, 5.74) is 0.114.